The van der Waals surface area contributed by atoms with Crippen molar-refractivity contribution in [3.05, 3.63) is 24.3 Å². The Bertz CT molecular complexity index is 707. The third-order valence-electron chi connectivity index (χ3n) is 4.63. The summed E-state index contributed by atoms with van der Waals surface area (Å²) >= 11 is 0. The predicted molar refractivity (Wildman–Crippen MR) is 102 cm³/mol. The number of carbonyl (C=O) groups excluding carboxylic acids is 2. The van der Waals surface area contributed by atoms with Crippen LogP contribution in [0.1, 0.15) is 20.3 Å². The van der Waals surface area contributed by atoms with Gasteiger partial charge in [-0.3, -0.25) is 4.79 Å². The van der Waals surface area contributed by atoms with Gasteiger partial charge >= 0.3 is 18.3 Å². The highest BCUT2D eigenvalue weighted by molar-refractivity contribution is 5.89. The first kappa shape index (κ1) is 28.9. The largest absolute Gasteiger partial charge is 0.463 e. The van der Waals surface area contributed by atoms with E-state index in [0.29, 0.717) is 0 Å². The van der Waals surface area contributed by atoms with E-state index < -0.39 is 60.7 Å². The fourth-order valence-electron chi connectivity index (χ4n) is 3.19. The number of hydrogen-bond acceptors (Lipinski definition) is 7. The molecule has 33 heavy (non-hydrogen) atoms. The molecule has 0 spiro atoms. The minimum Gasteiger partial charge on any atom is -0.463 e. The van der Waals surface area contributed by atoms with Gasteiger partial charge in [0.25, 0.3) is 0 Å². The summed E-state index contributed by atoms with van der Waals surface area (Å²) in [6.07, 6.45) is -21.4. The van der Waals surface area contributed by atoms with E-state index in [0.717, 1.165) is 13.0 Å². The summed E-state index contributed by atoms with van der Waals surface area (Å²) in [5.41, 5.74) is -0.147. The Morgan fingerprint density at radius 2 is 1.76 bits per heavy atom. The van der Waals surface area contributed by atoms with E-state index in [2.05, 4.69) is 17.2 Å². The molecule has 1 rings (SSSR count). The number of hydrogen-bond donors (Lipinski definition) is 4. The molecule has 0 bridgehead atoms. The summed E-state index contributed by atoms with van der Waals surface area (Å²) in [4.78, 5) is 23.9. The number of halogens is 6. The summed E-state index contributed by atoms with van der Waals surface area (Å²) < 4.78 is 88.2. The van der Waals surface area contributed by atoms with Gasteiger partial charge in [0.05, 0.1) is 18.8 Å². The minimum absolute atomic E-state index is 0.0657. The Hall–Kier alpha value is -2.16. The monoisotopic (exact) mass is 492 g/mol. The Morgan fingerprint density at radius 3 is 2.18 bits per heavy atom. The second-order valence-electron chi connectivity index (χ2n) is 7.18. The molecule has 1 aliphatic carbocycles. The zero-order valence-electron chi connectivity index (χ0n) is 17.7. The maximum atomic E-state index is 13.1. The van der Waals surface area contributed by atoms with Crippen LogP contribution in [0, 0.1) is 0 Å². The molecular formula is C19H26F6N2O6. The van der Waals surface area contributed by atoms with E-state index in [9.17, 15) is 46.1 Å². The zero-order valence-corrected chi connectivity index (χ0v) is 17.7. The smallest absolute Gasteiger partial charge is 0.417 e. The first-order valence-corrected chi connectivity index (χ1v) is 9.77. The molecule has 0 aromatic carbocycles. The van der Waals surface area contributed by atoms with Crippen molar-refractivity contribution in [3.63, 3.8) is 0 Å². The van der Waals surface area contributed by atoms with Crippen molar-refractivity contribution >= 4 is 11.9 Å². The van der Waals surface area contributed by atoms with Crippen LogP contribution in [0.5, 0.6) is 0 Å². The molecule has 0 heterocycles. The summed E-state index contributed by atoms with van der Waals surface area (Å²) in [6, 6.07) is -2.18. The highest BCUT2D eigenvalue weighted by Crippen LogP contribution is 2.34. The van der Waals surface area contributed by atoms with Gasteiger partial charge in [0.1, 0.15) is 6.10 Å². The van der Waals surface area contributed by atoms with Crippen LogP contribution < -0.4 is 10.6 Å². The molecule has 0 saturated heterocycles. The number of rotatable bonds is 10. The molecule has 8 nitrogen and oxygen atoms in total. The molecule has 4 N–H and O–H groups in total. The molecular weight excluding hydrogens is 466 g/mol. The van der Waals surface area contributed by atoms with Gasteiger partial charge in [0.15, 0.2) is 12.2 Å². The first-order valence-electron chi connectivity index (χ1n) is 9.77. The van der Waals surface area contributed by atoms with Crippen LogP contribution in [0.15, 0.2) is 24.3 Å². The predicted octanol–water partition coefficient (Wildman–Crippen LogP) is 1.13. The van der Waals surface area contributed by atoms with Crippen molar-refractivity contribution in [1.82, 2.24) is 10.6 Å². The van der Waals surface area contributed by atoms with Crippen molar-refractivity contribution < 1.29 is 55.6 Å². The van der Waals surface area contributed by atoms with E-state index in [-0.39, 0.29) is 25.1 Å². The van der Waals surface area contributed by atoms with E-state index in [4.69, 9.17) is 9.47 Å². The minimum atomic E-state index is -5.58. The quantitative estimate of drug-likeness (QED) is 0.205. The number of alkyl halides is 6. The number of nitrogens with one attached hydrogen (secondary N) is 2. The first-order chi connectivity index (χ1) is 15.1. The Kier molecular flexibility index (Phi) is 10.3. The van der Waals surface area contributed by atoms with Crippen molar-refractivity contribution in [2.45, 2.75) is 69.1 Å². The van der Waals surface area contributed by atoms with E-state index in [1.807, 2.05) is 0 Å². The summed E-state index contributed by atoms with van der Waals surface area (Å²) in [5, 5.41) is 24.2. The lowest BCUT2D eigenvalue weighted by molar-refractivity contribution is -0.296. The van der Waals surface area contributed by atoms with Crippen LogP contribution in [0.2, 0.25) is 0 Å². The maximum absolute atomic E-state index is 13.1. The number of aliphatic hydroxyl groups excluding tert-OH is 2. The summed E-state index contributed by atoms with van der Waals surface area (Å²) in [5.74, 6) is -1.60. The van der Waals surface area contributed by atoms with Gasteiger partial charge in [-0.25, -0.2) is 4.79 Å². The number of aliphatic hydroxyl groups is 2. The SMILES string of the molecule is C=CCN[C@H]1CC(C(=O)OCC)=C[C@@H](OC(C(O)C(F)(F)F)C(O)C(F)(F)F)[C@@H]1NC(C)=O. The topological polar surface area (TPSA) is 117 Å². The number of carbonyl (C=O) groups is 2. The van der Waals surface area contributed by atoms with Gasteiger partial charge in [-0.05, 0) is 19.4 Å². The molecule has 0 radical (unpaired) electrons. The average molecular weight is 492 g/mol. The third kappa shape index (κ3) is 8.28. The third-order valence-corrected chi connectivity index (χ3v) is 4.63. The van der Waals surface area contributed by atoms with Crippen molar-refractivity contribution in [1.29, 1.82) is 0 Å². The van der Waals surface area contributed by atoms with Crippen molar-refractivity contribution in [3.8, 4) is 0 Å². The second kappa shape index (κ2) is 11.8. The normalized spacial score (nSPS) is 24.3. The fourth-order valence-corrected chi connectivity index (χ4v) is 3.19. The molecule has 0 fully saturated rings. The van der Waals surface area contributed by atoms with Gasteiger partial charge in [-0.15, -0.1) is 6.58 Å². The van der Waals surface area contributed by atoms with Crippen LogP contribution in [0.25, 0.3) is 0 Å². The molecule has 1 amide bonds. The zero-order chi connectivity index (χ0) is 25.6. The molecule has 5 atom stereocenters. The molecule has 0 saturated carbocycles. The molecule has 2 unspecified atom stereocenters. The lowest BCUT2D eigenvalue weighted by Gasteiger charge is -2.40. The van der Waals surface area contributed by atoms with Crippen LogP contribution in [0.3, 0.4) is 0 Å². The van der Waals surface area contributed by atoms with Crippen molar-refractivity contribution in [2.75, 3.05) is 13.2 Å². The van der Waals surface area contributed by atoms with Gasteiger partial charge in [0, 0.05) is 25.1 Å². The number of esters is 1. The molecule has 0 aromatic heterocycles. The Morgan fingerprint density at radius 1 is 1.21 bits per heavy atom. The lowest BCUT2D eigenvalue weighted by Crippen LogP contribution is -2.61. The molecule has 190 valence electrons. The van der Waals surface area contributed by atoms with Crippen LogP contribution in [0.4, 0.5) is 26.3 Å². The van der Waals surface area contributed by atoms with E-state index in [1.54, 1.807) is 0 Å². The fraction of sp³-hybridized carbons (Fsp3) is 0.684. The Labute approximate surface area is 185 Å². The summed E-state index contributed by atoms with van der Waals surface area (Å²) in [7, 11) is 0. The van der Waals surface area contributed by atoms with Gasteiger partial charge in [0.2, 0.25) is 5.91 Å². The van der Waals surface area contributed by atoms with Gasteiger partial charge < -0.3 is 30.3 Å². The van der Waals surface area contributed by atoms with Crippen LogP contribution in [-0.2, 0) is 19.1 Å². The standard InChI is InChI=1S/C19H26F6N2O6/c1-4-6-26-11-7-10(17(31)32-5-2)8-12(13(11)27-9(3)28)33-14(15(29)18(20,21)22)16(30)19(23,24)25/h4,8,11-16,26,29-30H,1,5-7H2,2-3H3,(H,27,28)/t11-,12+,13+,14?,15?,16?/m0/s1. The maximum Gasteiger partial charge on any atom is 0.417 e. The van der Waals surface area contributed by atoms with Gasteiger partial charge in [-0.1, -0.05) is 6.08 Å². The summed E-state index contributed by atoms with van der Waals surface area (Å²) in [6.45, 7) is 6.05. The van der Waals surface area contributed by atoms with E-state index >= 15 is 0 Å². The molecule has 0 aliphatic heterocycles. The Balaban J connectivity index is 3.49. The second-order valence-corrected chi connectivity index (χ2v) is 7.18. The number of amides is 1. The average Bonchev–Trinajstić information content (AvgIpc) is 2.69. The molecule has 1 aliphatic rings. The highest BCUT2D eigenvalue weighted by atomic mass is 19.4. The molecule has 0 aromatic rings. The number of ether oxygens (including phenoxy) is 2. The molecule has 14 heteroatoms. The van der Waals surface area contributed by atoms with Crippen LogP contribution >= 0.6 is 0 Å². The van der Waals surface area contributed by atoms with E-state index in [1.165, 1.54) is 13.0 Å². The lowest BCUT2D eigenvalue weighted by atomic mass is 9.87. The van der Waals surface area contributed by atoms with Gasteiger partial charge in [-0.2, -0.15) is 26.3 Å². The van der Waals surface area contributed by atoms with Crippen LogP contribution in [-0.4, -0.2) is 84.1 Å². The highest BCUT2D eigenvalue weighted by Gasteiger charge is 2.55. The van der Waals surface area contributed by atoms with Crippen molar-refractivity contribution in [2.24, 2.45) is 0 Å².